The number of benzene rings is 2. The molecule has 7 heteroatoms. The number of para-hydroxylation sites is 1. The molecule has 0 saturated carbocycles. The van der Waals surface area contributed by atoms with Crippen LogP contribution in [0.4, 0.5) is 0 Å². The van der Waals surface area contributed by atoms with Crippen molar-refractivity contribution in [3.05, 3.63) is 71.4 Å². The van der Waals surface area contributed by atoms with Crippen LogP contribution in [0.3, 0.4) is 0 Å². The van der Waals surface area contributed by atoms with E-state index in [1.165, 1.54) is 4.90 Å². The molecule has 1 atom stereocenters. The summed E-state index contributed by atoms with van der Waals surface area (Å²) in [5.74, 6) is -0.313. The van der Waals surface area contributed by atoms with Gasteiger partial charge in [-0.25, -0.2) is 0 Å². The molecule has 150 valence electrons. The molecule has 0 radical (unpaired) electrons. The highest BCUT2D eigenvalue weighted by atomic mass is 16.5. The van der Waals surface area contributed by atoms with E-state index in [-0.39, 0.29) is 24.8 Å². The molecule has 3 aromatic rings. The summed E-state index contributed by atoms with van der Waals surface area (Å²) in [4.78, 5) is 42.5. The van der Waals surface area contributed by atoms with Crippen molar-refractivity contribution in [3.8, 4) is 5.75 Å². The van der Waals surface area contributed by atoms with Crippen LogP contribution in [0.2, 0.25) is 0 Å². The van der Waals surface area contributed by atoms with Crippen LogP contribution >= 0.6 is 0 Å². The van der Waals surface area contributed by atoms with Gasteiger partial charge in [0.15, 0.2) is 0 Å². The van der Waals surface area contributed by atoms with Crippen LogP contribution in [0.5, 0.6) is 5.75 Å². The van der Waals surface area contributed by atoms with Crippen molar-refractivity contribution in [2.24, 2.45) is 0 Å². The van der Waals surface area contributed by atoms with Gasteiger partial charge in [0.2, 0.25) is 11.8 Å². The van der Waals surface area contributed by atoms with Crippen LogP contribution in [-0.4, -0.2) is 33.6 Å². The summed E-state index contributed by atoms with van der Waals surface area (Å²) in [6.45, 7) is 0.605. The van der Waals surface area contributed by atoms with Gasteiger partial charge in [-0.05, 0) is 30.7 Å². The van der Waals surface area contributed by atoms with Gasteiger partial charge in [-0.3, -0.25) is 24.7 Å². The molecule has 1 aromatic heterocycles. The quantitative estimate of drug-likeness (QED) is 0.679. The second-order valence-electron chi connectivity index (χ2n) is 7.51. The lowest BCUT2D eigenvalue weighted by Gasteiger charge is -2.29. The zero-order valence-corrected chi connectivity index (χ0v) is 16.1. The van der Waals surface area contributed by atoms with E-state index in [0.29, 0.717) is 24.3 Å². The Balaban J connectivity index is 1.36. The van der Waals surface area contributed by atoms with E-state index >= 15 is 0 Å². The zero-order valence-electron chi connectivity index (χ0n) is 16.1. The first-order valence-electron chi connectivity index (χ1n) is 9.83. The van der Waals surface area contributed by atoms with Crippen LogP contribution < -0.4 is 10.1 Å². The number of ether oxygens (including phenoxy) is 1. The molecular weight excluding hydrogens is 382 g/mol. The molecular formula is C23H19N3O4. The maximum atomic E-state index is 12.9. The van der Waals surface area contributed by atoms with Gasteiger partial charge in [0.25, 0.3) is 5.91 Å². The third-order valence-corrected chi connectivity index (χ3v) is 5.58. The van der Waals surface area contributed by atoms with Crippen molar-refractivity contribution >= 4 is 28.6 Å². The highest BCUT2D eigenvalue weighted by molar-refractivity contribution is 6.05. The number of fused-ring (bicyclic) bond motifs is 2. The van der Waals surface area contributed by atoms with E-state index in [2.05, 4.69) is 10.3 Å². The summed E-state index contributed by atoms with van der Waals surface area (Å²) < 4.78 is 6.04. The molecule has 7 nitrogen and oxygen atoms in total. The standard InChI is InChI=1S/C23H19N3O4/c27-21-9-8-19(22(28)25-21)26-12-17-16(23(26)29)5-3-7-20(17)30-13-14-10-15-4-1-2-6-18(15)24-11-14/h1-7,10-11,19H,8-9,12-13H2,(H,25,27,28). The Bertz CT molecular complexity index is 1190. The summed E-state index contributed by atoms with van der Waals surface area (Å²) in [7, 11) is 0. The normalized spacial score (nSPS) is 18.5. The first-order valence-corrected chi connectivity index (χ1v) is 9.83. The number of nitrogens with one attached hydrogen (secondary N) is 1. The number of carbonyl (C=O) groups excluding carboxylic acids is 3. The van der Waals surface area contributed by atoms with Crippen LogP contribution in [0, 0.1) is 0 Å². The van der Waals surface area contributed by atoms with Gasteiger partial charge < -0.3 is 9.64 Å². The van der Waals surface area contributed by atoms with E-state index < -0.39 is 11.9 Å². The lowest BCUT2D eigenvalue weighted by atomic mass is 10.0. The molecule has 3 amide bonds. The molecule has 5 rings (SSSR count). The van der Waals surface area contributed by atoms with Gasteiger partial charge in [-0.2, -0.15) is 0 Å². The van der Waals surface area contributed by atoms with Crippen LogP contribution in [0.15, 0.2) is 54.7 Å². The van der Waals surface area contributed by atoms with Gasteiger partial charge in [-0.15, -0.1) is 0 Å². The largest absolute Gasteiger partial charge is 0.488 e. The van der Waals surface area contributed by atoms with E-state index in [4.69, 9.17) is 4.74 Å². The number of piperidine rings is 1. The molecule has 2 aliphatic rings. The number of aromatic nitrogens is 1. The molecule has 0 aliphatic carbocycles. The molecule has 1 fully saturated rings. The van der Waals surface area contributed by atoms with Crippen molar-refractivity contribution in [3.63, 3.8) is 0 Å². The second kappa shape index (κ2) is 7.26. The number of rotatable bonds is 4. The predicted octanol–water partition coefficient (Wildman–Crippen LogP) is 2.57. The van der Waals surface area contributed by atoms with E-state index in [9.17, 15) is 14.4 Å². The maximum absolute atomic E-state index is 12.9. The second-order valence-corrected chi connectivity index (χ2v) is 7.51. The molecule has 2 aliphatic heterocycles. The summed E-state index contributed by atoms with van der Waals surface area (Å²) in [5, 5.41) is 3.36. The fourth-order valence-corrected chi connectivity index (χ4v) is 4.05. The fraction of sp³-hybridized carbons (Fsp3) is 0.217. The van der Waals surface area contributed by atoms with Crippen LogP contribution in [-0.2, 0) is 22.7 Å². The average Bonchev–Trinajstić information content (AvgIpc) is 3.09. The smallest absolute Gasteiger partial charge is 0.255 e. The number of hydrogen-bond acceptors (Lipinski definition) is 5. The molecule has 1 N–H and O–H groups in total. The minimum absolute atomic E-state index is 0.211. The Labute approximate surface area is 172 Å². The molecule has 2 aromatic carbocycles. The number of amides is 3. The molecule has 0 spiro atoms. The highest BCUT2D eigenvalue weighted by Crippen LogP contribution is 2.34. The van der Waals surface area contributed by atoms with E-state index in [0.717, 1.165) is 22.0 Å². The first kappa shape index (κ1) is 18.3. The van der Waals surface area contributed by atoms with E-state index in [1.54, 1.807) is 18.3 Å². The van der Waals surface area contributed by atoms with Gasteiger partial charge in [0, 0.05) is 34.7 Å². The number of carbonyl (C=O) groups is 3. The van der Waals surface area contributed by atoms with Gasteiger partial charge in [0.05, 0.1) is 12.1 Å². The van der Waals surface area contributed by atoms with Crippen molar-refractivity contribution in [1.29, 1.82) is 0 Å². The zero-order chi connectivity index (χ0) is 20.7. The Morgan fingerprint density at radius 2 is 1.97 bits per heavy atom. The third kappa shape index (κ3) is 3.18. The molecule has 3 heterocycles. The van der Waals surface area contributed by atoms with Crippen LogP contribution in [0.25, 0.3) is 10.9 Å². The SMILES string of the molecule is O=C1CCC(N2Cc3c(OCc4cnc5ccccc5c4)cccc3C2=O)C(=O)N1. The lowest BCUT2D eigenvalue weighted by molar-refractivity contribution is -0.136. The molecule has 30 heavy (non-hydrogen) atoms. The van der Waals surface area contributed by atoms with Gasteiger partial charge in [0.1, 0.15) is 18.4 Å². The van der Waals surface area contributed by atoms with E-state index in [1.807, 2.05) is 36.4 Å². The van der Waals surface area contributed by atoms with Crippen LogP contribution in [0.1, 0.15) is 34.3 Å². The predicted molar refractivity (Wildman–Crippen MR) is 109 cm³/mol. The molecule has 1 saturated heterocycles. The van der Waals surface area contributed by atoms with Crippen molar-refractivity contribution in [2.75, 3.05) is 0 Å². The molecule has 0 bridgehead atoms. The minimum Gasteiger partial charge on any atom is -0.488 e. The number of nitrogens with zero attached hydrogens (tertiary/aromatic N) is 2. The lowest BCUT2D eigenvalue weighted by Crippen LogP contribution is -2.52. The Hall–Kier alpha value is -3.74. The number of hydrogen-bond donors (Lipinski definition) is 1. The van der Waals surface area contributed by atoms with Crippen molar-refractivity contribution in [2.45, 2.75) is 32.0 Å². The number of imide groups is 1. The summed E-state index contributed by atoms with van der Waals surface area (Å²) >= 11 is 0. The summed E-state index contributed by atoms with van der Waals surface area (Å²) in [5.41, 5.74) is 3.15. The Kier molecular flexibility index (Phi) is 4.43. The Morgan fingerprint density at radius 1 is 1.10 bits per heavy atom. The summed E-state index contributed by atoms with van der Waals surface area (Å²) in [6, 6.07) is 14.6. The minimum atomic E-state index is -0.639. The molecule has 1 unspecified atom stereocenters. The van der Waals surface area contributed by atoms with Crippen molar-refractivity contribution < 1.29 is 19.1 Å². The monoisotopic (exact) mass is 401 g/mol. The topological polar surface area (TPSA) is 88.6 Å². The summed E-state index contributed by atoms with van der Waals surface area (Å²) in [6.07, 6.45) is 2.35. The van der Waals surface area contributed by atoms with Gasteiger partial charge >= 0.3 is 0 Å². The first-order chi connectivity index (χ1) is 14.6. The van der Waals surface area contributed by atoms with Crippen molar-refractivity contribution in [1.82, 2.24) is 15.2 Å². The maximum Gasteiger partial charge on any atom is 0.255 e. The number of pyridine rings is 1. The Morgan fingerprint density at radius 3 is 2.83 bits per heavy atom. The van der Waals surface area contributed by atoms with Gasteiger partial charge in [-0.1, -0.05) is 24.3 Å². The fourth-order valence-electron chi connectivity index (χ4n) is 4.05. The highest BCUT2D eigenvalue weighted by Gasteiger charge is 2.40. The average molecular weight is 401 g/mol. The third-order valence-electron chi connectivity index (χ3n) is 5.58.